The lowest BCUT2D eigenvalue weighted by Gasteiger charge is -2.11. The van der Waals surface area contributed by atoms with Crippen LogP contribution in [0.15, 0.2) is 6.07 Å². The smallest absolute Gasteiger partial charge is 0.129 e. The van der Waals surface area contributed by atoms with Crippen molar-refractivity contribution in [2.75, 3.05) is 25.1 Å². The monoisotopic (exact) mass is 315 g/mol. The minimum absolute atomic E-state index is 0.411. The first-order chi connectivity index (χ1) is 11.1. The van der Waals surface area contributed by atoms with Crippen LogP contribution in [-0.2, 0) is 11.2 Å². The van der Waals surface area contributed by atoms with Crippen molar-refractivity contribution < 1.29 is 4.74 Å². The average Bonchev–Trinajstić information content (AvgIpc) is 3.15. The molecule has 0 aromatic carbocycles. The third kappa shape index (κ3) is 3.88. The third-order valence-electron chi connectivity index (χ3n) is 4.40. The van der Waals surface area contributed by atoms with E-state index in [1.165, 1.54) is 11.3 Å². The van der Waals surface area contributed by atoms with Gasteiger partial charge in [-0.15, -0.1) is 0 Å². The molecule has 3 heterocycles. The molecule has 0 bridgehead atoms. The summed E-state index contributed by atoms with van der Waals surface area (Å²) in [4.78, 5) is 9.06. The molecule has 2 aromatic heterocycles. The Bertz CT molecular complexity index is 641. The van der Waals surface area contributed by atoms with E-state index in [4.69, 9.17) is 4.74 Å². The van der Waals surface area contributed by atoms with Crippen LogP contribution in [0.4, 0.5) is 5.82 Å². The molecule has 1 saturated heterocycles. The van der Waals surface area contributed by atoms with Crippen LogP contribution in [0.25, 0.3) is 0 Å². The van der Waals surface area contributed by atoms with E-state index in [1.54, 1.807) is 0 Å². The molecule has 1 fully saturated rings. The van der Waals surface area contributed by atoms with Gasteiger partial charge in [0.1, 0.15) is 11.6 Å². The highest BCUT2D eigenvalue weighted by atomic mass is 16.5. The van der Waals surface area contributed by atoms with Gasteiger partial charge in [-0.25, -0.2) is 9.97 Å². The molecule has 1 aliphatic rings. The average molecular weight is 315 g/mol. The van der Waals surface area contributed by atoms with Crippen molar-refractivity contribution in [3.8, 4) is 0 Å². The highest BCUT2D eigenvalue weighted by molar-refractivity contribution is 5.37. The number of hydrogen-bond donors (Lipinski definition) is 2. The zero-order valence-electron chi connectivity index (χ0n) is 14.1. The van der Waals surface area contributed by atoms with E-state index in [-0.39, 0.29) is 0 Å². The SMILES string of the molecule is Cc1nc(NCCCc2c(C)n[nH]c2C)cc([C@@H]2CCOC2)n1. The molecule has 23 heavy (non-hydrogen) atoms. The summed E-state index contributed by atoms with van der Waals surface area (Å²) in [7, 11) is 0. The second-order valence-corrected chi connectivity index (χ2v) is 6.23. The van der Waals surface area contributed by atoms with Gasteiger partial charge in [0.15, 0.2) is 0 Å². The minimum atomic E-state index is 0.411. The van der Waals surface area contributed by atoms with Gasteiger partial charge in [0, 0.05) is 30.8 Å². The maximum Gasteiger partial charge on any atom is 0.129 e. The molecule has 124 valence electrons. The highest BCUT2D eigenvalue weighted by Gasteiger charge is 2.20. The second-order valence-electron chi connectivity index (χ2n) is 6.23. The fourth-order valence-corrected chi connectivity index (χ4v) is 3.08. The van der Waals surface area contributed by atoms with Crippen molar-refractivity contribution in [1.82, 2.24) is 20.2 Å². The Balaban J connectivity index is 1.55. The Hall–Kier alpha value is -1.95. The summed E-state index contributed by atoms with van der Waals surface area (Å²) >= 11 is 0. The van der Waals surface area contributed by atoms with Crippen molar-refractivity contribution in [1.29, 1.82) is 0 Å². The lowest BCUT2D eigenvalue weighted by Crippen LogP contribution is -2.09. The summed E-state index contributed by atoms with van der Waals surface area (Å²) < 4.78 is 5.46. The number of anilines is 1. The highest BCUT2D eigenvalue weighted by Crippen LogP contribution is 2.25. The number of H-pyrrole nitrogens is 1. The number of ether oxygens (including phenoxy) is 1. The van der Waals surface area contributed by atoms with Crippen LogP contribution >= 0.6 is 0 Å². The number of nitrogens with one attached hydrogen (secondary N) is 2. The fourth-order valence-electron chi connectivity index (χ4n) is 3.08. The van der Waals surface area contributed by atoms with Crippen LogP contribution in [0.5, 0.6) is 0 Å². The maximum atomic E-state index is 5.46. The van der Waals surface area contributed by atoms with E-state index in [9.17, 15) is 0 Å². The van der Waals surface area contributed by atoms with E-state index in [0.717, 1.165) is 62.1 Å². The van der Waals surface area contributed by atoms with E-state index < -0.39 is 0 Å². The predicted octanol–water partition coefficient (Wildman–Crippen LogP) is 2.67. The number of rotatable bonds is 6. The van der Waals surface area contributed by atoms with Crippen LogP contribution in [0.2, 0.25) is 0 Å². The Morgan fingerprint density at radius 3 is 2.87 bits per heavy atom. The van der Waals surface area contributed by atoms with Gasteiger partial charge in [0.05, 0.1) is 18.0 Å². The molecular weight excluding hydrogens is 290 g/mol. The van der Waals surface area contributed by atoms with E-state index in [0.29, 0.717) is 5.92 Å². The van der Waals surface area contributed by atoms with Gasteiger partial charge in [-0.3, -0.25) is 5.10 Å². The molecule has 3 rings (SSSR count). The van der Waals surface area contributed by atoms with Crippen LogP contribution < -0.4 is 5.32 Å². The number of hydrogen-bond acceptors (Lipinski definition) is 5. The summed E-state index contributed by atoms with van der Waals surface area (Å²) in [5.74, 6) is 2.15. The van der Waals surface area contributed by atoms with Crippen molar-refractivity contribution in [3.63, 3.8) is 0 Å². The first-order valence-corrected chi connectivity index (χ1v) is 8.31. The molecule has 0 unspecified atom stereocenters. The molecule has 0 spiro atoms. The molecule has 2 aromatic rings. The number of aryl methyl sites for hydroxylation is 3. The zero-order chi connectivity index (χ0) is 16.2. The van der Waals surface area contributed by atoms with Crippen LogP contribution in [0, 0.1) is 20.8 Å². The molecule has 0 aliphatic carbocycles. The Morgan fingerprint density at radius 2 is 2.17 bits per heavy atom. The van der Waals surface area contributed by atoms with Crippen molar-refractivity contribution in [2.24, 2.45) is 0 Å². The number of aromatic amines is 1. The molecule has 1 atom stereocenters. The largest absolute Gasteiger partial charge is 0.381 e. The zero-order valence-corrected chi connectivity index (χ0v) is 14.1. The number of aromatic nitrogens is 4. The summed E-state index contributed by atoms with van der Waals surface area (Å²) in [6, 6.07) is 2.07. The quantitative estimate of drug-likeness (QED) is 0.802. The van der Waals surface area contributed by atoms with Gasteiger partial charge in [-0.2, -0.15) is 5.10 Å². The molecule has 1 aliphatic heterocycles. The third-order valence-corrected chi connectivity index (χ3v) is 4.40. The summed E-state index contributed by atoms with van der Waals surface area (Å²) in [5, 5.41) is 10.7. The Labute approximate surface area is 137 Å². The topological polar surface area (TPSA) is 75.7 Å². The van der Waals surface area contributed by atoms with Crippen LogP contribution in [0.3, 0.4) is 0 Å². The van der Waals surface area contributed by atoms with Gasteiger partial charge in [-0.05, 0) is 45.6 Å². The van der Waals surface area contributed by atoms with Gasteiger partial charge < -0.3 is 10.1 Å². The summed E-state index contributed by atoms with van der Waals surface area (Å²) in [5.41, 5.74) is 4.70. The van der Waals surface area contributed by atoms with Crippen molar-refractivity contribution in [2.45, 2.75) is 46.0 Å². The summed E-state index contributed by atoms with van der Waals surface area (Å²) in [6.07, 6.45) is 3.12. The van der Waals surface area contributed by atoms with Gasteiger partial charge >= 0.3 is 0 Å². The second kappa shape index (κ2) is 7.08. The van der Waals surface area contributed by atoms with E-state index >= 15 is 0 Å². The minimum Gasteiger partial charge on any atom is -0.381 e. The van der Waals surface area contributed by atoms with E-state index in [1.807, 2.05) is 6.92 Å². The first-order valence-electron chi connectivity index (χ1n) is 8.31. The summed E-state index contributed by atoms with van der Waals surface area (Å²) in [6.45, 7) is 8.57. The Kier molecular flexibility index (Phi) is 4.91. The van der Waals surface area contributed by atoms with Crippen molar-refractivity contribution in [3.05, 3.63) is 34.5 Å². The van der Waals surface area contributed by atoms with Gasteiger partial charge in [0.2, 0.25) is 0 Å². The molecular formula is C17H25N5O. The standard InChI is InChI=1S/C17H25N5O/c1-11-15(12(2)22-21-11)5-4-7-18-17-9-16(19-13(3)20-17)14-6-8-23-10-14/h9,14H,4-8,10H2,1-3H3,(H,21,22)(H,18,19,20)/t14-/m1/s1. The lowest BCUT2D eigenvalue weighted by molar-refractivity contribution is 0.193. The molecule has 6 nitrogen and oxygen atoms in total. The molecule has 6 heteroatoms. The maximum absolute atomic E-state index is 5.46. The normalized spacial score (nSPS) is 17.6. The van der Waals surface area contributed by atoms with Crippen LogP contribution in [-0.4, -0.2) is 39.9 Å². The first kappa shape index (κ1) is 15.9. The van der Waals surface area contributed by atoms with Crippen molar-refractivity contribution >= 4 is 5.82 Å². The van der Waals surface area contributed by atoms with Crippen LogP contribution in [0.1, 0.15) is 47.2 Å². The predicted molar refractivity (Wildman–Crippen MR) is 89.8 cm³/mol. The van der Waals surface area contributed by atoms with Gasteiger partial charge in [0.25, 0.3) is 0 Å². The lowest BCUT2D eigenvalue weighted by atomic mass is 10.0. The Morgan fingerprint density at radius 1 is 1.30 bits per heavy atom. The number of nitrogens with zero attached hydrogens (tertiary/aromatic N) is 3. The van der Waals surface area contributed by atoms with Gasteiger partial charge in [-0.1, -0.05) is 0 Å². The molecule has 2 N–H and O–H groups in total. The fraction of sp³-hybridized carbons (Fsp3) is 0.588. The van der Waals surface area contributed by atoms with E-state index in [2.05, 4.69) is 45.4 Å². The molecule has 0 amide bonds. The molecule has 0 saturated carbocycles. The molecule has 0 radical (unpaired) electrons.